The third kappa shape index (κ3) is 1.75. The number of rotatable bonds is 2. The number of hydrogen-bond acceptors (Lipinski definition) is 7. The number of nitrogens with two attached hydrogens (primary N) is 1. The molecule has 3 heterocycles. The van der Waals surface area contributed by atoms with Crippen molar-refractivity contribution in [2.45, 2.75) is 43.4 Å². The van der Waals surface area contributed by atoms with Crippen molar-refractivity contribution in [3.05, 3.63) is 11.8 Å². The maximum atomic E-state index is 14.3. The van der Waals surface area contributed by atoms with E-state index in [0.29, 0.717) is 18.0 Å². The minimum atomic E-state index is -1.60. The molecule has 7 nitrogen and oxygen atoms in total. The molecule has 0 bridgehead atoms. The molecule has 0 spiro atoms. The van der Waals surface area contributed by atoms with E-state index in [-0.39, 0.29) is 0 Å². The van der Waals surface area contributed by atoms with E-state index in [2.05, 4.69) is 10.1 Å². The molecule has 3 rings (SSSR count). The van der Waals surface area contributed by atoms with Crippen molar-refractivity contribution in [2.75, 3.05) is 6.61 Å². The lowest BCUT2D eigenvalue weighted by Gasteiger charge is -2.31. The van der Waals surface area contributed by atoms with Gasteiger partial charge in [0, 0.05) is 0 Å². The number of alkyl halides is 1. The molecule has 0 aromatic carbocycles. The summed E-state index contributed by atoms with van der Waals surface area (Å²) in [6, 6.07) is -0.409. The first-order valence-electron chi connectivity index (χ1n) is 6.44. The van der Waals surface area contributed by atoms with E-state index >= 15 is 0 Å². The summed E-state index contributed by atoms with van der Waals surface area (Å²) in [5, 5.41) is 24.9. The molecule has 110 valence electrons. The summed E-state index contributed by atoms with van der Waals surface area (Å²) in [7, 11) is 0. The Morgan fingerprint density at radius 2 is 2.40 bits per heavy atom. The van der Waals surface area contributed by atoms with Crippen molar-refractivity contribution in [1.82, 2.24) is 5.01 Å². The predicted molar refractivity (Wildman–Crippen MR) is 69.7 cm³/mol. The van der Waals surface area contributed by atoms with E-state index in [0.717, 1.165) is 0 Å². The summed E-state index contributed by atoms with van der Waals surface area (Å²) in [5.41, 5.74) is 5.07. The number of nitrogens with zero attached hydrogens (tertiary/aromatic N) is 3. The van der Waals surface area contributed by atoms with Crippen molar-refractivity contribution in [3.63, 3.8) is 0 Å². The number of aliphatic imine (C=N–C) groups is 1. The predicted octanol–water partition coefficient (Wildman–Crippen LogP) is -0.892. The molecule has 5 unspecified atom stereocenters. The normalized spacial score (nSPS) is 43.5. The maximum Gasteiger partial charge on any atom is 0.157 e. The lowest BCUT2D eigenvalue weighted by molar-refractivity contribution is -0.110. The largest absolute Gasteiger partial charge is 0.393 e. The first-order chi connectivity index (χ1) is 9.48. The minimum absolute atomic E-state index is 0.321. The van der Waals surface area contributed by atoms with Gasteiger partial charge in [-0.05, 0) is 13.3 Å². The third-order valence-corrected chi connectivity index (χ3v) is 4.09. The molecule has 20 heavy (non-hydrogen) atoms. The SMILES string of the molecule is CC1(CO)OC(C2CC=C3C(N)=NC=NN32)C(F)C1O. The van der Waals surface area contributed by atoms with Crippen LogP contribution in [-0.4, -0.2) is 64.0 Å². The van der Waals surface area contributed by atoms with E-state index in [1.54, 1.807) is 5.01 Å². The Kier molecular flexibility index (Phi) is 3.03. The van der Waals surface area contributed by atoms with Gasteiger partial charge in [-0.1, -0.05) is 6.08 Å². The molecular weight excluding hydrogens is 267 g/mol. The van der Waals surface area contributed by atoms with E-state index in [4.69, 9.17) is 10.5 Å². The van der Waals surface area contributed by atoms with Crippen LogP contribution in [0, 0.1) is 0 Å². The van der Waals surface area contributed by atoms with Gasteiger partial charge in [-0.2, -0.15) is 5.10 Å². The quantitative estimate of drug-likeness (QED) is 0.610. The Bertz CT molecular complexity index is 509. The van der Waals surface area contributed by atoms with Gasteiger partial charge in [0.2, 0.25) is 0 Å². The Labute approximate surface area is 115 Å². The van der Waals surface area contributed by atoms with Gasteiger partial charge >= 0.3 is 0 Å². The van der Waals surface area contributed by atoms with Gasteiger partial charge < -0.3 is 20.7 Å². The summed E-state index contributed by atoms with van der Waals surface area (Å²) >= 11 is 0. The van der Waals surface area contributed by atoms with Gasteiger partial charge in [0.15, 0.2) is 12.0 Å². The van der Waals surface area contributed by atoms with Gasteiger partial charge in [0.25, 0.3) is 0 Å². The van der Waals surface area contributed by atoms with Crippen LogP contribution in [0.15, 0.2) is 21.9 Å². The van der Waals surface area contributed by atoms with Crippen LogP contribution in [0.3, 0.4) is 0 Å². The van der Waals surface area contributed by atoms with Crippen LogP contribution in [-0.2, 0) is 4.74 Å². The molecule has 0 aromatic heterocycles. The Morgan fingerprint density at radius 1 is 1.65 bits per heavy atom. The third-order valence-electron chi connectivity index (χ3n) is 4.09. The second kappa shape index (κ2) is 4.51. The highest BCUT2D eigenvalue weighted by molar-refractivity contribution is 6.02. The van der Waals surface area contributed by atoms with Crippen molar-refractivity contribution >= 4 is 12.2 Å². The van der Waals surface area contributed by atoms with E-state index in [1.165, 1.54) is 13.3 Å². The standard InChI is InChI=1S/C12H17FN4O3/c1-12(4-18)10(19)8(13)9(20-12)6-2-3-7-11(14)15-5-16-17(6)7/h3,5-6,8-10,18-19H,2,4H2,1H3,(H2,14,15,16). The fraction of sp³-hybridized carbons (Fsp3) is 0.667. The minimum Gasteiger partial charge on any atom is -0.393 e. The Balaban J connectivity index is 1.83. The Hall–Kier alpha value is -1.51. The number of halogens is 1. The molecule has 0 amide bonds. The average molecular weight is 284 g/mol. The van der Waals surface area contributed by atoms with E-state index in [1.807, 2.05) is 6.08 Å². The first-order valence-corrected chi connectivity index (χ1v) is 6.44. The molecule has 1 saturated heterocycles. The first kappa shape index (κ1) is 13.5. The summed E-state index contributed by atoms with van der Waals surface area (Å²) in [6.45, 7) is 1.04. The summed E-state index contributed by atoms with van der Waals surface area (Å²) in [4.78, 5) is 3.88. The molecule has 0 aromatic rings. The molecule has 5 atom stereocenters. The zero-order valence-electron chi connectivity index (χ0n) is 11.0. The number of fused-ring (bicyclic) bond motifs is 1. The summed E-state index contributed by atoms with van der Waals surface area (Å²) < 4.78 is 19.9. The molecule has 4 N–H and O–H groups in total. The molecule has 0 saturated carbocycles. The number of hydrazone groups is 1. The Morgan fingerprint density at radius 3 is 3.05 bits per heavy atom. The second-order valence-corrected chi connectivity index (χ2v) is 5.42. The molecular formula is C12H17FN4O3. The second-order valence-electron chi connectivity index (χ2n) is 5.42. The highest BCUT2D eigenvalue weighted by Crippen LogP contribution is 2.39. The smallest absolute Gasteiger partial charge is 0.157 e. The van der Waals surface area contributed by atoms with Crippen molar-refractivity contribution in [3.8, 4) is 0 Å². The highest BCUT2D eigenvalue weighted by atomic mass is 19.1. The average Bonchev–Trinajstić information content (AvgIpc) is 2.96. The van der Waals surface area contributed by atoms with Crippen molar-refractivity contribution < 1.29 is 19.3 Å². The fourth-order valence-electron chi connectivity index (χ4n) is 2.84. The molecule has 3 aliphatic rings. The van der Waals surface area contributed by atoms with Crippen LogP contribution in [0.2, 0.25) is 0 Å². The van der Waals surface area contributed by atoms with Crippen LogP contribution < -0.4 is 5.73 Å². The van der Waals surface area contributed by atoms with Crippen molar-refractivity contribution in [1.29, 1.82) is 0 Å². The van der Waals surface area contributed by atoms with Gasteiger partial charge in [-0.25, -0.2) is 9.38 Å². The zero-order valence-corrected chi connectivity index (χ0v) is 11.0. The highest BCUT2D eigenvalue weighted by Gasteiger charge is 2.56. The van der Waals surface area contributed by atoms with Gasteiger partial charge in [-0.15, -0.1) is 0 Å². The van der Waals surface area contributed by atoms with E-state index < -0.39 is 36.6 Å². The van der Waals surface area contributed by atoms with Gasteiger partial charge in [0.1, 0.15) is 24.1 Å². The van der Waals surface area contributed by atoms with Crippen molar-refractivity contribution in [2.24, 2.45) is 15.8 Å². The number of aliphatic hydroxyl groups is 2. The van der Waals surface area contributed by atoms with Gasteiger partial charge in [-0.3, -0.25) is 5.01 Å². The van der Waals surface area contributed by atoms with Crippen LogP contribution >= 0.6 is 0 Å². The zero-order chi connectivity index (χ0) is 14.5. The number of amidine groups is 1. The fourth-order valence-corrected chi connectivity index (χ4v) is 2.84. The summed E-state index contributed by atoms with van der Waals surface area (Å²) in [5.74, 6) is 0.321. The molecule has 8 heteroatoms. The topological polar surface area (TPSA) is 104 Å². The lowest BCUT2D eigenvalue weighted by Crippen LogP contribution is -2.44. The van der Waals surface area contributed by atoms with Crippen LogP contribution in [0.4, 0.5) is 4.39 Å². The van der Waals surface area contributed by atoms with E-state index in [9.17, 15) is 14.6 Å². The van der Waals surface area contributed by atoms with Crippen LogP contribution in [0.1, 0.15) is 13.3 Å². The molecule has 0 aliphatic carbocycles. The number of aliphatic hydroxyl groups excluding tert-OH is 2. The molecule has 3 aliphatic heterocycles. The van der Waals surface area contributed by atoms with Crippen LogP contribution in [0.25, 0.3) is 0 Å². The number of hydrogen-bond donors (Lipinski definition) is 3. The summed E-state index contributed by atoms with van der Waals surface area (Å²) in [6.07, 6.45) is -0.255. The van der Waals surface area contributed by atoms with Crippen LogP contribution in [0.5, 0.6) is 0 Å². The molecule has 0 radical (unpaired) electrons. The maximum absolute atomic E-state index is 14.3. The number of ether oxygens (including phenoxy) is 1. The lowest BCUT2D eigenvalue weighted by atomic mass is 9.96. The van der Waals surface area contributed by atoms with Gasteiger partial charge in [0.05, 0.1) is 18.3 Å². The molecule has 1 fully saturated rings. The monoisotopic (exact) mass is 284 g/mol.